The first-order valence-electron chi connectivity index (χ1n) is 11.6. The number of carbonyl (C=O) groups excluding carboxylic acids is 1. The third-order valence-corrected chi connectivity index (χ3v) is 6.82. The van der Waals surface area contributed by atoms with Crippen LogP contribution in [0.1, 0.15) is 35.6 Å². The van der Waals surface area contributed by atoms with Crippen molar-refractivity contribution in [1.82, 2.24) is 9.80 Å². The van der Waals surface area contributed by atoms with Gasteiger partial charge in [0.05, 0.1) is 12.1 Å². The van der Waals surface area contributed by atoms with Crippen molar-refractivity contribution in [2.45, 2.75) is 38.3 Å². The Morgan fingerprint density at radius 3 is 2.72 bits per heavy atom. The lowest BCUT2D eigenvalue weighted by Crippen LogP contribution is -2.41. The molecule has 0 saturated carbocycles. The van der Waals surface area contributed by atoms with Crippen molar-refractivity contribution >= 4 is 11.6 Å². The molecule has 6 heteroatoms. The van der Waals surface area contributed by atoms with Crippen LogP contribution in [0.3, 0.4) is 0 Å². The minimum Gasteiger partial charge on any atom is -0.483 e. The Balaban J connectivity index is 1.47. The molecule has 2 atom stereocenters. The molecule has 32 heavy (non-hydrogen) atoms. The zero-order valence-electron chi connectivity index (χ0n) is 19.5. The second kappa shape index (κ2) is 9.92. The number of hydrogen-bond acceptors (Lipinski definition) is 5. The summed E-state index contributed by atoms with van der Waals surface area (Å²) in [5, 5.41) is 9.93. The second-order valence-corrected chi connectivity index (χ2v) is 9.15. The fourth-order valence-corrected chi connectivity index (χ4v) is 5.01. The molecule has 4 rings (SSSR count). The number of nitrogens with zero attached hydrogens (tertiary/aromatic N) is 3. The Morgan fingerprint density at radius 1 is 1.22 bits per heavy atom. The summed E-state index contributed by atoms with van der Waals surface area (Å²) in [4.78, 5) is 19.5. The zero-order valence-corrected chi connectivity index (χ0v) is 19.5. The number of benzene rings is 2. The van der Waals surface area contributed by atoms with Gasteiger partial charge in [0.25, 0.3) is 5.91 Å². The number of amides is 1. The van der Waals surface area contributed by atoms with Crippen LogP contribution in [-0.2, 0) is 11.2 Å². The molecule has 1 saturated heterocycles. The molecule has 2 heterocycles. The molecule has 0 radical (unpaired) electrons. The molecule has 1 N–H and O–H groups in total. The molecular formula is C26H35N3O3. The molecule has 2 aromatic carbocycles. The van der Waals surface area contributed by atoms with Gasteiger partial charge in [0.2, 0.25) is 0 Å². The van der Waals surface area contributed by atoms with E-state index in [0.717, 1.165) is 43.7 Å². The van der Waals surface area contributed by atoms with Crippen molar-refractivity contribution in [2.75, 3.05) is 51.8 Å². The number of β-amino-alcohol motifs (C(OH)–C–C–N with tert-alkyl or cyclic N) is 1. The van der Waals surface area contributed by atoms with Crippen LogP contribution in [0, 0.1) is 6.92 Å². The summed E-state index contributed by atoms with van der Waals surface area (Å²) < 4.78 is 6.09. The molecule has 172 valence electrons. The first-order valence-corrected chi connectivity index (χ1v) is 11.6. The average Bonchev–Trinajstić information content (AvgIpc) is 3.21. The Hall–Kier alpha value is -2.57. The number of carbonyl (C=O) groups is 1. The van der Waals surface area contributed by atoms with E-state index in [4.69, 9.17) is 4.74 Å². The van der Waals surface area contributed by atoms with Gasteiger partial charge < -0.3 is 19.6 Å². The molecule has 2 aliphatic rings. The van der Waals surface area contributed by atoms with Crippen LogP contribution in [0.25, 0.3) is 0 Å². The topological polar surface area (TPSA) is 56.3 Å². The fourth-order valence-electron chi connectivity index (χ4n) is 5.01. The van der Waals surface area contributed by atoms with E-state index >= 15 is 0 Å². The normalized spacial score (nSPS) is 19.5. The van der Waals surface area contributed by atoms with E-state index in [2.05, 4.69) is 42.0 Å². The maximum Gasteiger partial charge on any atom is 0.260 e. The number of anilines is 1. The van der Waals surface area contributed by atoms with Crippen LogP contribution in [0.4, 0.5) is 5.69 Å². The molecule has 2 aromatic rings. The molecule has 2 aliphatic heterocycles. The number of rotatable bonds is 7. The second-order valence-electron chi connectivity index (χ2n) is 9.15. The van der Waals surface area contributed by atoms with Crippen molar-refractivity contribution in [1.29, 1.82) is 0 Å². The van der Waals surface area contributed by atoms with Gasteiger partial charge in [-0.25, -0.2) is 0 Å². The zero-order chi connectivity index (χ0) is 22.7. The molecule has 0 bridgehead atoms. The Morgan fingerprint density at radius 2 is 2.00 bits per heavy atom. The van der Waals surface area contributed by atoms with Crippen LogP contribution < -0.4 is 9.64 Å². The summed E-state index contributed by atoms with van der Waals surface area (Å²) >= 11 is 0. The highest BCUT2D eigenvalue weighted by Gasteiger charge is 2.28. The minimum absolute atomic E-state index is 0.0155. The Kier molecular flexibility index (Phi) is 7.01. The van der Waals surface area contributed by atoms with E-state index in [0.29, 0.717) is 13.1 Å². The van der Waals surface area contributed by atoms with Crippen molar-refractivity contribution in [2.24, 2.45) is 0 Å². The highest BCUT2D eigenvalue weighted by Crippen LogP contribution is 2.36. The Labute approximate surface area is 191 Å². The molecular weight excluding hydrogens is 402 g/mol. The van der Waals surface area contributed by atoms with Crippen LogP contribution >= 0.6 is 0 Å². The van der Waals surface area contributed by atoms with Crippen molar-refractivity contribution < 1.29 is 14.6 Å². The summed E-state index contributed by atoms with van der Waals surface area (Å²) in [7, 11) is 3.97. The van der Waals surface area contributed by atoms with E-state index in [-0.39, 0.29) is 24.7 Å². The van der Waals surface area contributed by atoms with Gasteiger partial charge in [-0.15, -0.1) is 0 Å². The van der Waals surface area contributed by atoms with Crippen LogP contribution in [0.5, 0.6) is 5.75 Å². The number of fused-ring (bicyclic) bond motifs is 1. The van der Waals surface area contributed by atoms with Crippen molar-refractivity contribution in [3.05, 3.63) is 59.2 Å². The number of ether oxygens (including phenoxy) is 1. The van der Waals surface area contributed by atoms with Gasteiger partial charge in [0, 0.05) is 51.5 Å². The summed E-state index contributed by atoms with van der Waals surface area (Å²) in [6.07, 6.45) is 2.58. The SMILES string of the molecule is Cc1ccc(OCC(=O)N(C)C(CN2CC[C@H](O)C2)c2ccccc2)c2c1N(C)CCC2. The molecule has 0 aromatic heterocycles. The number of aryl methyl sites for hydroxylation is 1. The molecule has 1 amide bonds. The minimum atomic E-state index is -0.276. The molecule has 0 aliphatic carbocycles. The molecule has 1 unspecified atom stereocenters. The quantitative estimate of drug-likeness (QED) is 0.722. The highest BCUT2D eigenvalue weighted by molar-refractivity contribution is 5.78. The Bertz CT molecular complexity index is 933. The van der Waals surface area contributed by atoms with Crippen LogP contribution in [-0.4, -0.2) is 73.8 Å². The van der Waals surface area contributed by atoms with Crippen LogP contribution in [0.15, 0.2) is 42.5 Å². The van der Waals surface area contributed by atoms with E-state index in [9.17, 15) is 9.90 Å². The smallest absolute Gasteiger partial charge is 0.260 e. The number of likely N-dealkylation sites (N-methyl/N-ethyl adjacent to an activating group) is 1. The number of aliphatic hydroxyl groups excluding tert-OH is 1. The third kappa shape index (κ3) is 4.92. The average molecular weight is 438 g/mol. The maximum absolute atomic E-state index is 13.2. The van der Waals surface area contributed by atoms with Crippen molar-refractivity contribution in [3.8, 4) is 5.75 Å². The summed E-state index contributed by atoms with van der Waals surface area (Å²) in [5.41, 5.74) is 4.79. The van der Waals surface area contributed by atoms with Gasteiger partial charge in [-0.2, -0.15) is 0 Å². The van der Waals surface area contributed by atoms with Gasteiger partial charge in [-0.05, 0) is 43.4 Å². The first kappa shape index (κ1) is 22.6. The van der Waals surface area contributed by atoms with Gasteiger partial charge in [-0.1, -0.05) is 36.4 Å². The summed E-state index contributed by atoms with van der Waals surface area (Å²) in [6.45, 7) is 5.40. The van der Waals surface area contributed by atoms with Gasteiger partial charge in [0.15, 0.2) is 6.61 Å². The van der Waals surface area contributed by atoms with E-state index in [1.165, 1.54) is 16.8 Å². The number of hydrogen-bond donors (Lipinski definition) is 1. The summed E-state index contributed by atoms with van der Waals surface area (Å²) in [5.74, 6) is 0.773. The van der Waals surface area contributed by atoms with Gasteiger partial charge >= 0.3 is 0 Å². The largest absolute Gasteiger partial charge is 0.483 e. The van der Waals surface area contributed by atoms with Gasteiger partial charge in [-0.3, -0.25) is 9.69 Å². The van der Waals surface area contributed by atoms with Gasteiger partial charge in [0.1, 0.15) is 5.75 Å². The molecule has 1 fully saturated rings. The van der Waals surface area contributed by atoms with Crippen LogP contribution in [0.2, 0.25) is 0 Å². The maximum atomic E-state index is 13.2. The predicted molar refractivity (Wildman–Crippen MR) is 127 cm³/mol. The lowest BCUT2D eigenvalue weighted by Gasteiger charge is -2.33. The summed E-state index contributed by atoms with van der Waals surface area (Å²) in [6, 6.07) is 14.1. The van der Waals surface area contributed by atoms with Crippen molar-refractivity contribution in [3.63, 3.8) is 0 Å². The third-order valence-electron chi connectivity index (χ3n) is 6.82. The highest BCUT2D eigenvalue weighted by atomic mass is 16.5. The number of aliphatic hydroxyl groups is 1. The van der Waals surface area contributed by atoms with E-state index in [1.54, 1.807) is 4.90 Å². The monoisotopic (exact) mass is 437 g/mol. The number of likely N-dealkylation sites (tertiary alicyclic amines) is 1. The lowest BCUT2D eigenvalue weighted by molar-refractivity contribution is -0.134. The standard InChI is InChI=1S/C26H35N3O3/c1-19-11-12-24(22-10-7-14-27(2)26(19)22)32-18-25(31)28(3)23(20-8-5-4-6-9-20)17-29-15-13-21(30)16-29/h4-6,8-9,11-12,21,23,30H,7,10,13-18H2,1-3H3/t21-,23?/m0/s1. The molecule has 0 spiro atoms. The lowest BCUT2D eigenvalue weighted by atomic mass is 9.97. The van der Waals surface area contributed by atoms with E-state index < -0.39 is 0 Å². The predicted octanol–water partition coefficient (Wildman–Crippen LogP) is 3.02. The first-order chi connectivity index (χ1) is 15.4. The fraction of sp³-hybridized carbons (Fsp3) is 0.500. The molecule has 6 nitrogen and oxygen atoms in total. The van der Waals surface area contributed by atoms with E-state index in [1.807, 2.05) is 31.3 Å².